The minimum absolute atomic E-state index is 0.0812. The van der Waals surface area contributed by atoms with Gasteiger partial charge in [0.25, 0.3) is 5.91 Å². The fourth-order valence-corrected chi connectivity index (χ4v) is 1.45. The Bertz CT molecular complexity index is 433. The maximum atomic E-state index is 11.6. The third-order valence-corrected chi connectivity index (χ3v) is 2.33. The first-order valence-corrected chi connectivity index (χ1v) is 5.26. The van der Waals surface area contributed by atoms with Crippen LogP contribution in [0.4, 0.5) is 0 Å². The Morgan fingerprint density at radius 3 is 2.71 bits per heavy atom. The molecule has 0 aromatic heterocycles. The topological polar surface area (TPSA) is 75.6 Å². The first-order valence-electron chi connectivity index (χ1n) is 4.88. The molecule has 0 fully saturated rings. The minimum Gasteiger partial charge on any atom is -0.495 e. The van der Waals surface area contributed by atoms with E-state index in [1.54, 1.807) is 12.1 Å². The van der Waals surface area contributed by atoms with Gasteiger partial charge in [-0.05, 0) is 18.2 Å². The summed E-state index contributed by atoms with van der Waals surface area (Å²) >= 11 is 5.86. The zero-order valence-corrected chi connectivity index (χ0v) is 9.95. The lowest BCUT2D eigenvalue weighted by Crippen LogP contribution is -2.25. The number of methoxy groups -OCH3 is 1. The molecule has 0 bridgehead atoms. The number of nitrogens with one attached hydrogen (secondary N) is 1. The smallest absolute Gasteiger partial charge is 0.305 e. The maximum Gasteiger partial charge on any atom is 0.305 e. The number of hydrogen-bond donors (Lipinski definition) is 2. The van der Waals surface area contributed by atoms with Gasteiger partial charge in [-0.25, -0.2) is 0 Å². The van der Waals surface area contributed by atoms with E-state index in [2.05, 4.69) is 5.32 Å². The van der Waals surface area contributed by atoms with E-state index in [0.717, 1.165) is 0 Å². The summed E-state index contributed by atoms with van der Waals surface area (Å²) in [5.74, 6) is -0.845. The van der Waals surface area contributed by atoms with Gasteiger partial charge in [-0.3, -0.25) is 9.59 Å². The minimum atomic E-state index is -0.960. The van der Waals surface area contributed by atoms with E-state index in [0.29, 0.717) is 16.3 Å². The van der Waals surface area contributed by atoms with E-state index < -0.39 is 5.97 Å². The average molecular weight is 258 g/mol. The van der Waals surface area contributed by atoms with Crippen LogP contribution in [0.2, 0.25) is 5.02 Å². The van der Waals surface area contributed by atoms with Crippen molar-refractivity contribution >= 4 is 23.5 Å². The van der Waals surface area contributed by atoms with E-state index in [1.807, 2.05) is 0 Å². The fourth-order valence-electron chi connectivity index (χ4n) is 1.19. The molecule has 0 spiro atoms. The van der Waals surface area contributed by atoms with Crippen molar-refractivity contribution in [2.75, 3.05) is 13.7 Å². The number of ether oxygens (including phenoxy) is 1. The van der Waals surface area contributed by atoms with Crippen LogP contribution in [0.1, 0.15) is 16.8 Å². The standard InChI is InChI=1S/C11H12ClNO4/c1-17-9-3-2-7(6-8(9)12)11(16)13-5-4-10(14)15/h2-3,6H,4-5H2,1H3,(H,13,16)(H,14,15). The molecule has 0 atom stereocenters. The molecule has 0 aliphatic heterocycles. The summed E-state index contributed by atoms with van der Waals surface area (Å²) in [4.78, 5) is 21.8. The van der Waals surface area contributed by atoms with Gasteiger partial charge < -0.3 is 15.2 Å². The molecule has 5 nitrogen and oxygen atoms in total. The second kappa shape index (κ2) is 6.10. The average Bonchev–Trinajstić information content (AvgIpc) is 2.28. The molecular formula is C11H12ClNO4. The van der Waals surface area contributed by atoms with Gasteiger partial charge in [0.1, 0.15) is 5.75 Å². The van der Waals surface area contributed by atoms with Gasteiger partial charge >= 0.3 is 5.97 Å². The Morgan fingerprint density at radius 2 is 2.18 bits per heavy atom. The van der Waals surface area contributed by atoms with Gasteiger partial charge in [0, 0.05) is 12.1 Å². The van der Waals surface area contributed by atoms with Crippen molar-refractivity contribution in [2.24, 2.45) is 0 Å². The number of amides is 1. The molecule has 0 aliphatic carbocycles. The summed E-state index contributed by atoms with van der Waals surface area (Å²) in [7, 11) is 1.48. The van der Waals surface area contributed by atoms with Crippen molar-refractivity contribution in [1.29, 1.82) is 0 Å². The van der Waals surface area contributed by atoms with Gasteiger partial charge in [0.05, 0.1) is 18.6 Å². The lowest BCUT2D eigenvalue weighted by Gasteiger charge is -2.06. The molecule has 0 unspecified atom stereocenters. The van der Waals surface area contributed by atoms with Gasteiger partial charge in [-0.2, -0.15) is 0 Å². The van der Waals surface area contributed by atoms with Crippen LogP contribution >= 0.6 is 11.6 Å². The molecule has 17 heavy (non-hydrogen) atoms. The van der Waals surface area contributed by atoms with Crippen molar-refractivity contribution in [1.82, 2.24) is 5.32 Å². The first-order chi connectivity index (χ1) is 8.04. The number of aliphatic carboxylic acids is 1. The summed E-state index contributed by atoms with van der Waals surface area (Å²) in [6.45, 7) is 0.0812. The molecule has 0 saturated carbocycles. The second-order valence-electron chi connectivity index (χ2n) is 3.25. The highest BCUT2D eigenvalue weighted by Crippen LogP contribution is 2.24. The predicted molar refractivity (Wildman–Crippen MR) is 62.6 cm³/mol. The van der Waals surface area contributed by atoms with Crippen LogP contribution < -0.4 is 10.1 Å². The van der Waals surface area contributed by atoms with Gasteiger partial charge in [-0.1, -0.05) is 11.6 Å². The van der Waals surface area contributed by atoms with E-state index in [1.165, 1.54) is 13.2 Å². The predicted octanol–water partition coefficient (Wildman–Crippen LogP) is 1.55. The van der Waals surface area contributed by atoms with Crippen LogP contribution in [0, 0.1) is 0 Å². The largest absolute Gasteiger partial charge is 0.495 e. The van der Waals surface area contributed by atoms with E-state index in [4.69, 9.17) is 21.4 Å². The summed E-state index contributed by atoms with van der Waals surface area (Å²) in [6.07, 6.45) is -0.115. The summed E-state index contributed by atoms with van der Waals surface area (Å²) < 4.78 is 4.95. The normalized spacial score (nSPS) is 9.76. The van der Waals surface area contributed by atoms with Gasteiger partial charge in [0.15, 0.2) is 0 Å². The molecule has 92 valence electrons. The Labute approximate surface area is 103 Å². The number of carbonyl (C=O) groups is 2. The highest BCUT2D eigenvalue weighted by atomic mass is 35.5. The highest BCUT2D eigenvalue weighted by molar-refractivity contribution is 6.32. The third kappa shape index (κ3) is 3.96. The summed E-state index contributed by atoms with van der Waals surface area (Å²) in [6, 6.07) is 4.60. The molecule has 1 aromatic rings. The van der Waals surface area contributed by atoms with Gasteiger partial charge in [0.2, 0.25) is 0 Å². The quantitative estimate of drug-likeness (QED) is 0.839. The highest BCUT2D eigenvalue weighted by Gasteiger charge is 2.09. The molecule has 1 aromatic carbocycles. The van der Waals surface area contributed by atoms with Crippen LogP contribution in [0.25, 0.3) is 0 Å². The van der Waals surface area contributed by atoms with E-state index >= 15 is 0 Å². The zero-order chi connectivity index (χ0) is 12.8. The Kier molecular flexibility index (Phi) is 4.78. The number of carboxylic acids is 1. The van der Waals surface area contributed by atoms with Crippen molar-refractivity contribution in [3.05, 3.63) is 28.8 Å². The van der Waals surface area contributed by atoms with Crippen LogP contribution in [-0.2, 0) is 4.79 Å². The Morgan fingerprint density at radius 1 is 1.47 bits per heavy atom. The number of carboxylic acid groups (broad SMARTS) is 1. The molecule has 1 amide bonds. The lowest BCUT2D eigenvalue weighted by molar-refractivity contribution is -0.136. The van der Waals surface area contributed by atoms with Crippen LogP contribution in [-0.4, -0.2) is 30.6 Å². The lowest BCUT2D eigenvalue weighted by atomic mass is 10.2. The summed E-state index contributed by atoms with van der Waals surface area (Å²) in [5.41, 5.74) is 0.362. The molecule has 0 aliphatic rings. The maximum absolute atomic E-state index is 11.6. The molecule has 0 saturated heterocycles. The molecule has 2 N–H and O–H groups in total. The molecule has 0 heterocycles. The SMILES string of the molecule is COc1ccc(C(=O)NCCC(=O)O)cc1Cl. The summed E-state index contributed by atoms with van der Waals surface area (Å²) in [5, 5.41) is 11.2. The van der Waals surface area contributed by atoms with Crippen LogP contribution in [0.3, 0.4) is 0 Å². The van der Waals surface area contributed by atoms with Gasteiger partial charge in [-0.15, -0.1) is 0 Å². The van der Waals surface area contributed by atoms with Crippen molar-refractivity contribution in [3.63, 3.8) is 0 Å². The van der Waals surface area contributed by atoms with E-state index in [9.17, 15) is 9.59 Å². The second-order valence-corrected chi connectivity index (χ2v) is 3.66. The number of hydrogen-bond acceptors (Lipinski definition) is 3. The van der Waals surface area contributed by atoms with Crippen LogP contribution in [0.5, 0.6) is 5.75 Å². The number of carbonyl (C=O) groups excluding carboxylic acids is 1. The molecular weight excluding hydrogens is 246 g/mol. The number of rotatable bonds is 5. The Hall–Kier alpha value is -1.75. The first kappa shape index (κ1) is 13.3. The number of benzene rings is 1. The van der Waals surface area contributed by atoms with E-state index in [-0.39, 0.29) is 18.9 Å². The van der Waals surface area contributed by atoms with Crippen molar-refractivity contribution in [3.8, 4) is 5.75 Å². The Balaban J connectivity index is 2.63. The zero-order valence-electron chi connectivity index (χ0n) is 9.20. The molecule has 0 radical (unpaired) electrons. The van der Waals surface area contributed by atoms with Crippen LogP contribution in [0.15, 0.2) is 18.2 Å². The molecule has 6 heteroatoms. The monoisotopic (exact) mass is 257 g/mol. The fraction of sp³-hybridized carbons (Fsp3) is 0.273. The van der Waals surface area contributed by atoms with Crippen molar-refractivity contribution < 1.29 is 19.4 Å². The molecule has 1 rings (SSSR count). The third-order valence-electron chi connectivity index (χ3n) is 2.04. The number of halogens is 1. The van der Waals surface area contributed by atoms with Crippen molar-refractivity contribution in [2.45, 2.75) is 6.42 Å².